The fourth-order valence-electron chi connectivity index (χ4n) is 3.37. The van der Waals surface area contributed by atoms with Gasteiger partial charge in [0.05, 0.1) is 6.54 Å². The molecule has 5 aromatic rings. The van der Waals surface area contributed by atoms with E-state index in [-0.39, 0.29) is 0 Å². The van der Waals surface area contributed by atoms with Crippen LogP contribution < -0.4 is 0 Å². The Bertz CT molecular complexity index is 1270. The number of hydrogen-bond donors (Lipinski definition) is 0. The van der Waals surface area contributed by atoms with Crippen LogP contribution >= 0.6 is 27.3 Å². The molecule has 0 spiro atoms. The fraction of sp³-hybridized carbons (Fsp3) is 0.0455. The van der Waals surface area contributed by atoms with E-state index in [4.69, 9.17) is 0 Å². The molecule has 0 aliphatic carbocycles. The second-order valence-electron chi connectivity index (χ2n) is 6.38. The molecule has 0 radical (unpaired) electrons. The van der Waals surface area contributed by atoms with Crippen LogP contribution in [0, 0.1) is 0 Å². The summed E-state index contributed by atoms with van der Waals surface area (Å²) in [6.07, 6.45) is 1.81. The van der Waals surface area contributed by atoms with Crippen molar-refractivity contribution in [1.82, 2.24) is 14.8 Å². The Morgan fingerprint density at radius 1 is 0.857 bits per heavy atom. The third-order valence-electron chi connectivity index (χ3n) is 4.65. The number of aromatic nitrogens is 3. The average Bonchev–Trinajstić information content (AvgIpc) is 3.31. The van der Waals surface area contributed by atoms with E-state index in [9.17, 15) is 0 Å². The van der Waals surface area contributed by atoms with Gasteiger partial charge >= 0.3 is 0 Å². The number of benzene rings is 3. The van der Waals surface area contributed by atoms with Crippen LogP contribution in [-0.2, 0) is 6.54 Å². The summed E-state index contributed by atoms with van der Waals surface area (Å²) in [6, 6.07) is 24.9. The highest BCUT2D eigenvalue weighted by molar-refractivity contribution is 9.10. The zero-order valence-corrected chi connectivity index (χ0v) is 17.2. The van der Waals surface area contributed by atoms with Gasteiger partial charge in [0.2, 0.25) is 5.13 Å². The lowest BCUT2D eigenvalue weighted by Crippen LogP contribution is -1.98. The van der Waals surface area contributed by atoms with Crippen molar-refractivity contribution in [3.05, 3.63) is 87.8 Å². The second kappa shape index (κ2) is 7.30. The summed E-state index contributed by atoms with van der Waals surface area (Å²) in [5.74, 6) is 0. The Morgan fingerprint density at radius 2 is 1.50 bits per heavy atom. The monoisotopic (exact) mass is 446 g/mol. The molecule has 0 aliphatic rings. The predicted octanol–water partition coefficient (Wildman–Crippen LogP) is 6.21. The lowest BCUT2D eigenvalue weighted by Gasteiger charge is -2.04. The molecule has 2 aromatic heterocycles. The van der Waals surface area contributed by atoms with Gasteiger partial charge < -0.3 is 4.57 Å². The van der Waals surface area contributed by atoms with Gasteiger partial charge in [-0.25, -0.2) is 4.99 Å². The average molecular weight is 447 g/mol. The Hall–Kier alpha value is -2.83. The molecule has 0 amide bonds. The number of hydrogen-bond acceptors (Lipinski definition) is 4. The molecule has 0 fully saturated rings. The topological polar surface area (TPSA) is 43.1 Å². The third kappa shape index (κ3) is 3.15. The van der Waals surface area contributed by atoms with Gasteiger partial charge in [-0.2, -0.15) is 0 Å². The van der Waals surface area contributed by atoms with Crippen LogP contribution in [0.5, 0.6) is 0 Å². The molecule has 0 aliphatic heterocycles. The van der Waals surface area contributed by atoms with Crippen molar-refractivity contribution in [2.24, 2.45) is 4.99 Å². The van der Waals surface area contributed by atoms with Gasteiger partial charge in [-0.15, -0.1) is 10.2 Å². The molecule has 136 valence electrons. The summed E-state index contributed by atoms with van der Waals surface area (Å²) >= 11 is 5.05. The molecule has 4 nitrogen and oxygen atoms in total. The number of halogens is 1. The largest absolute Gasteiger partial charge is 0.333 e. The molecule has 6 heteroatoms. The molecular weight excluding hydrogens is 432 g/mol. The number of para-hydroxylation sites is 2. The minimum atomic E-state index is 0.659. The van der Waals surface area contributed by atoms with Crippen molar-refractivity contribution in [2.75, 3.05) is 0 Å². The maximum absolute atomic E-state index is 4.49. The molecule has 0 N–H and O–H groups in total. The second-order valence-corrected chi connectivity index (χ2v) is 8.27. The van der Waals surface area contributed by atoms with E-state index < -0.39 is 0 Å². The van der Waals surface area contributed by atoms with Crippen molar-refractivity contribution in [3.63, 3.8) is 0 Å². The maximum Gasteiger partial charge on any atom is 0.231 e. The number of fused-ring (bicyclic) bond motifs is 3. The van der Waals surface area contributed by atoms with Crippen molar-refractivity contribution in [3.8, 4) is 0 Å². The fourth-order valence-corrected chi connectivity index (χ4v) is 4.43. The van der Waals surface area contributed by atoms with E-state index >= 15 is 0 Å². The van der Waals surface area contributed by atoms with Gasteiger partial charge in [0.15, 0.2) is 0 Å². The quantitative estimate of drug-likeness (QED) is 0.308. The molecule has 0 unspecified atom stereocenters. The van der Waals surface area contributed by atoms with Gasteiger partial charge in [-0.1, -0.05) is 81.9 Å². The van der Waals surface area contributed by atoms with Crippen molar-refractivity contribution in [2.45, 2.75) is 6.54 Å². The summed E-state index contributed by atoms with van der Waals surface area (Å²) in [5, 5.41) is 12.7. The summed E-state index contributed by atoms with van der Waals surface area (Å²) in [7, 11) is 0. The van der Waals surface area contributed by atoms with Gasteiger partial charge in [-0.05, 0) is 18.2 Å². The minimum absolute atomic E-state index is 0.659. The predicted molar refractivity (Wildman–Crippen MR) is 120 cm³/mol. The summed E-state index contributed by atoms with van der Waals surface area (Å²) in [6.45, 7) is 0.677. The Balaban J connectivity index is 1.48. The SMILES string of the molecule is Brc1ccccc1/C=N/c1nnc(Cn2c3ccccc3c3ccccc32)s1. The Labute approximate surface area is 174 Å². The first kappa shape index (κ1) is 17.3. The highest BCUT2D eigenvalue weighted by Crippen LogP contribution is 2.30. The first-order chi connectivity index (χ1) is 13.8. The standard InChI is InChI=1S/C22H15BrN4S/c23-18-10-4-1-7-15(18)13-24-22-26-25-21(28-22)14-27-19-11-5-2-8-16(19)17-9-3-6-12-20(17)27/h1-13H,14H2/b24-13+. The molecule has 28 heavy (non-hydrogen) atoms. The van der Waals surface area contributed by atoms with E-state index in [1.165, 1.54) is 33.1 Å². The van der Waals surface area contributed by atoms with Gasteiger partial charge in [-0.3, -0.25) is 0 Å². The minimum Gasteiger partial charge on any atom is -0.333 e. The molecule has 0 atom stereocenters. The van der Waals surface area contributed by atoms with Crippen LogP contribution in [0.25, 0.3) is 21.8 Å². The highest BCUT2D eigenvalue weighted by Gasteiger charge is 2.12. The smallest absolute Gasteiger partial charge is 0.231 e. The van der Waals surface area contributed by atoms with E-state index in [1.807, 2.05) is 30.5 Å². The van der Waals surface area contributed by atoms with Crippen molar-refractivity contribution < 1.29 is 0 Å². The van der Waals surface area contributed by atoms with Crippen molar-refractivity contribution >= 4 is 60.4 Å². The van der Waals surface area contributed by atoms with Gasteiger partial charge in [0.25, 0.3) is 0 Å². The van der Waals surface area contributed by atoms with Crippen LogP contribution in [0.4, 0.5) is 5.13 Å². The summed E-state index contributed by atoms with van der Waals surface area (Å²) in [4.78, 5) is 4.49. The zero-order chi connectivity index (χ0) is 18.9. The first-order valence-electron chi connectivity index (χ1n) is 8.86. The lowest BCUT2D eigenvalue weighted by atomic mass is 10.2. The van der Waals surface area contributed by atoms with E-state index in [2.05, 4.69) is 84.2 Å². The Kier molecular flexibility index (Phi) is 4.50. The van der Waals surface area contributed by atoms with E-state index in [0.29, 0.717) is 11.7 Å². The third-order valence-corrected chi connectivity index (χ3v) is 6.19. The zero-order valence-electron chi connectivity index (χ0n) is 14.8. The molecular formula is C22H15BrN4S. The number of rotatable bonds is 4. The first-order valence-corrected chi connectivity index (χ1v) is 10.5. The van der Waals surface area contributed by atoms with Gasteiger partial charge in [0.1, 0.15) is 5.01 Å². The maximum atomic E-state index is 4.49. The van der Waals surface area contributed by atoms with E-state index in [1.54, 1.807) is 0 Å². The van der Waals surface area contributed by atoms with Gasteiger partial charge in [0, 0.05) is 38.1 Å². The molecule has 3 aromatic carbocycles. The van der Waals surface area contributed by atoms with Crippen LogP contribution in [-0.4, -0.2) is 21.0 Å². The molecule has 5 rings (SSSR count). The number of aliphatic imine (C=N–C) groups is 1. The highest BCUT2D eigenvalue weighted by atomic mass is 79.9. The molecule has 0 saturated heterocycles. The van der Waals surface area contributed by atoms with Crippen molar-refractivity contribution in [1.29, 1.82) is 0 Å². The van der Waals surface area contributed by atoms with Crippen LogP contribution in [0.2, 0.25) is 0 Å². The molecule has 0 saturated carbocycles. The summed E-state index contributed by atoms with van der Waals surface area (Å²) < 4.78 is 3.31. The molecule has 0 bridgehead atoms. The molecule has 2 heterocycles. The van der Waals surface area contributed by atoms with Crippen LogP contribution in [0.15, 0.2) is 82.3 Å². The normalized spacial score (nSPS) is 11.8. The Morgan fingerprint density at radius 3 is 2.21 bits per heavy atom. The lowest BCUT2D eigenvalue weighted by molar-refractivity contribution is 0.836. The van der Waals surface area contributed by atoms with Crippen LogP contribution in [0.1, 0.15) is 10.6 Å². The van der Waals surface area contributed by atoms with E-state index in [0.717, 1.165) is 15.0 Å². The summed E-state index contributed by atoms with van der Waals surface area (Å²) in [5.41, 5.74) is 3.43. The van der Waals surface area contributed by atoms with Crippen LogP contribution in [0.3, 0.4) is 0 Å². The number of nitrogens with zero attached hydrogens (tertiary/aromatic N) is 4.